The minimum atomic E-state index is -4.55. The van der Waals surface area contributed by atoms with Gasteiger partial charge >= 0.3 is 6.18 Å². The van der Waals surface area contributed by atoms with E-state index in [1.165, 1.54) is 29.2 Å². The quantitative estimate of drug-likeness (QED) is 0.854. The fourth-order valence-corrected chi connectivity index (χ4v) is 3.78. The molecule has 0 aliphatic carbocycles. The van der Waals surface area contributed by atoms with Crippen LogP contribution in [0.5, 0.6) is 0 Å². The third-order valence-electron chi connectivity index (χ3n) is 3.10. The van der Waals surface area contributed by atoms with Gasteiger partial charge in [-0.25, -0.2) is 4.98 Å². The number of nitrogens with zero attached hydrogens (tertiary/aromatic N) is 3. The average Bonchev–Trinajstić information content (AvgIpc) is 2.85. The summed E-state index contributed by atoms with van der Waals surface area (Å²) >= 11 is 0. The van der Waals surface area contributed by atoms with E-state index in [-0.39, 0.29) is 10.7 Å². The van der Waals surface area contributed by atoms with E-state index in [1.54, 1.807) is 20.9 Å². The molecule has 0 aliphatic heterocycles. The number of aryl methyl sites for hydroxylation is 1. The molecule has 1 heterocycles. The zero-order valence-corrected chi connectivity index (χ0v) is 13.6. The van der Waals surface area contributed by atoms with E-state index in [4.69, 9.17) is 0 Å². The summed E-state index contributed by atoms with van der Waals surface area (Å²) in [5, 5.41) is -0.217. The first-order valence-corrected chi connectivity index (χ1v) is 8.17. The van der Waals surface area contributed by atoms with Crippen LogP contribution in [-0.4, -0.2) is 24.0 Å². The molecule has 0 unspecified atom stereocenters. The predicted molar refractivity (Wildman–Crippen MR) is 79.5 cm³/mol. The first-order valence-electron chi connectivity index (χ1n) is 6.73. The molecule has 0 amide bonds. The van der Waals surface area contributed by atoms with Crippen LogP contribution in [0.2, 0.25) is 0 Å². The third-order valence-corrected chi connectivity index (χ3v) is 4.99. The number of imidazole rings is 1. The molecule has 1 aromatic heterocycles. The molecule has 0 fully saturated rings. The maximum Gasteiger partial charge on any atom is 0.416 e. The van der Waals surface area contributed by atoms with Crippen LogP contribution in [0.15, 0.2) is 41.8 Å². The van der Waals surface area contributed by atoms with Crippen LogP contribution in [0, 0.1) is 0 Å². The highest BCUT2D eigenvalue weighted by Crippen LogP contribution is 2.33. The molecule has 1 aromatic carbocycles. The Kier molecular flexibility index (Phi) is 4.43. The molecule has 0 N–H and O–H groups in total. The van der Waals surface area contributed by atoms with E-state index < -0.39 is 27.8 Å². The SMILES string of the molecule is CC(C)N(c1cccc(C(F)(F)F)c1)S(=O)(=O)c1cn(C)cn1. The topological polar surface area (TPSA) is 55.2 Å². The highest BCUT2D eigenvalue weighted by atomic mass is 32.2. The van der Waals surface area contributed by atoms with Crippen LogP contribution in [0.25, 0.3) is 0 Å². The van der Waals surface area contributed by atoms with Crippen molar-refractivity contribution < 1.29 is 21.6 Å². The Morgan fingerprint density at radius 2 is 1.91 bits per heavy atom. The van der Waals surface area contributed by atoms with Crippen molar-refractivity contribution in [3.05, 3.63) is 42.4 Å². The first kappa shape index (κ1) is 17.3. The van der Waals surface area contributed by atoms with Gasteiger partial charge in [0, 0.05) is 19.3 Å². The molecule has 5 nitrogen and oxygen atoms in total. The van der Waals surface area contributed by atoms with E-state index in [0.717, 1.165) is 16.4 Å². The minimum absolute atomic E-state index is 0.0551. The number of aromatic nitrogens is 2. The lowest BCUT2D eigenvalue weighted by Gasteiger charge is -2.27. The van der Waals surface area contributed by atoms with Gasteiger partial charge in [-0.1, -0.05) is 6.07 Å². The van der Waals surface area contributed by atoms with Crippen LogP contribution in [0.3, 0.4) is 0 Å². The number of benzene rings is 1. The molecule has 2 aromatic rings. The molecule has 2 rings (SSSR count). The fourth-order valence-electron chi connectivity index (χ4n) is 2.16. The van der Waals surface area contributed by atoms with Gasteiger partial charge in [0.05, 0.1) is 17.6 Å². The van der Waals surface area contributed by atoms with Gasteiger partial charge in [0.1, 0.15) is 0 Å². The summed E-state index contributed by atoms with van der Waals surface area (Å²) in [6, 6.07) is 3.65. The van der Waals surface area contributed by atoms with Gasteiger partial charge in [0.15, 0.2) is 5.03 Å². The predicted octanol–water partition coefficient (Wildman–Crippen LogP) is 3.04. The van der Waals surface area contributed by atoms with E-state index in [1.807, 2.05) is 0 Å². The lowest BCUT2D eigenvalue weighted by Crippen LogP contribution is -2.37. The normalized spacial score (nSPS) is 12.7. The molecule has 0 saturated carbocycles. The first-order chi connectivity index (χ1) is 10.5. The second-order valence-electron chi connectivity index (χ2n) is 5.32. The van der Waals surface area contributed by atoms with Crippen molar-refractivity contribution in [2.45, 2.75) is 31.1 Å². The number of hydrogen-bond acceptors (Lipinski definition) is 3. The van der Waals surface area contributed by atoms with Gasteiger partial charge < -0.3 is 4.57 Å². The van der Waals surface area contributed by atoms with Gasteiger partial charge in [0.25, 0.3) is 10.0 Å². The molecule has 0 bridgehead atoms. The molecule has 0 atom stereocenters. The van der Waals surface area contributed by atoms with Crippen LogP contribution in [-0.2, 0) is 23.2 Å². The Balaban J connectivity index is 2.56. The number of rotatable bonds is 4. The molecule has 0 aliphatic rings. The third kappa shape index (κ3) is 3.49. The second-order valence-corrected chi connectivity index (χ2v) is 7.08. The average molecular weight is 347 g/mol. The van der Waals surface area contributed by atoms with Gasteiger partial charge in [-0.05, 0) is 32.0 Å². The molecule has 0 spiro atoms. The minimum Gasteiger partial charge on any atom is -0.339 e. The Morgan fingerprint density at radius 1 is 1.26 bits per heavy atom. The van der Waals surface area contributed by atoms with Gasteiger partial charge in [-0.2, -0.15) is 21.6 Å². The summed E-state index contributed by atoms with van der Waals surface area (Å²) in [7, 11) is -2.45. The van der Waals surface area contributed by atoms with E-state index in [9.17, 15) is 21.6 Å². The fraction of sp³-hybridized carbons (Fsp3) is 0.357. The van der Waals surface area contributed by atoms with Crippen molar-refractivity contribution in [2.75, 3.05) is 4.31 Å². The molecular weight excluding hydrogens is 331 g/mol. The summed E-state index contributed by atoms with van der Waals surface area (Å²) < 4.78 is 66.4. The van der Waals surface area contributed by atoms with E-state index >= 15 is 0 Å². The van der Waals surface area contributed by atoms with Crippen LogP contribution < -0.4 is 4.31 Å². The number of anilines is 1. The molecular formula is C14H16F3N3O2S. The lowest BCUT2D eigenvalue weighted by atomic mass is 10.2. The van der Waals surface area contributed by atoms with Crippen molar-refractivity contribution in [1.82, 2.24) is 9.55 Å². The number of halogens is 3. The van der Waals surface area contributed by atoms with Gasteiger partial charge in [-0.3, -0.25) is 4.31 Å². The lowest BCUT2D eigenvalue weighted by molar-refractivity contribution is -0.137. The van der Waals surface area contributed by atoms with E-state index in [2.05, 4.69) is 4.98 Å². The highest BCUT2D eigenvalue weighted by molar-refractivity contribution is 7.92. The molecule has 126 valence electrons. The standard InChI is InChI=1S/C14H16F3N3O2S/c1-10(2)20(23(21,22)13-8-19(3)9-18-13)12-6-4-5-11(7-12)14(15,16)17/h4-10H,1-3H3. The largest absolute Gasteiger partial charge is 0.416 e. The molecule has 9 heteroatoms. The summed E-state index contributed by atoms with van der Waals surface area (Å²) in [5.41, 5.74) is -0.961. The highest BCUT2D eigenvalue weighted by Gasteiger charge is 2.34. The molecule has 0 radical (unpaired) electrons. The van der Waals surface area contributed by atoms with Gasteiger partial charge in [-0.15, -0.1) is 0 Å². The van der Waals surface area contributed by atoms with Crippen molar-refractivity contribution in [3.8, 4) is 0 Å². The summed E-state index contributed by atoms with van der Waals surface area (Å²) in [6.07, 6.45) is -1.93. The monoisotopic (exact) mass is 347 g/mol. The zero-order valence-electron chi connectivity index (χ0n) is 12.7. The van der Waals surface area contributed by atoms with Crippen LogP contribution in [0.1, 0.15) is 19.4 Å². The maximum absolute atomic E-state index is 12.9. The number of alkyl halides is 3. The van der Waals surface area contributed by atoms with Gasteiger partial charge in [0.2, 0.25) is 0 Å². The molecule has 23 heavy (non-hydrogen) atoms. The second kappa shape index (κ2) is 5.88. The number of sulfonamides is 1. The Morgan fingerprint density at radius 3 is 2.39 bits per heavy atom. The Bertz CT molecular complexity index is 798. The van der Waals surface area contributed by atoms with Crippen molar-refractivity contribution in [2.24, 2.45) is 7.05 Å². The smallest absolute Gasteiger partial charge is 0.339 e. The Labute approximate surface area is 132 Å². The maximum atomic E-state index is 12.9. The summed E-state index contributed by atoms with van der Waals surface area (Å²) in [6.45, 7) is 3.17. The number of hydrogen-bond donors (Lipinski definition) is 0. The van der Waals surface area contributed by atoms with Crippen molar-refractivity contribution in [1.29, 1.82) is 0 Å². The summed E-state index contributed by atoms with van der Waals surface area (Å²) in [4.78, 5) is 3.80. The van der Waals surface area contributed by atoms with Crippen molar-refractivity contribution >= 4 is 15.7 Å². The van der Waals surface area contributed by atoms with Crippen LogP contribution >= 0.6 is 0 Å². The summed E-state index contributed by atoms with van der Waals surface area (Å²) in [5.74, 6) is 0. The van der Waals surface area contributed by atoms with Crippen molar-refractivity contribution in [3.63, 3.8) is 0 Å². The zero-order chi connectivity index (χ0) is 17.4. The molecule has 0 saturated heterocycles. The Hall–Kier alpha value is -2.03. The van der Waals surface area contributed by atoms with E-state index in [0.29, 0.717) is 0 Å². The van der Waals surface area contributed by atoms with Crippen LogP contribution in [0.4, 0.5) is 18.9 Å².